The largest absolute Gasteiger partial charge is 0.376 e. The Morgan fingerprint density at radius 1 is 1.03 bits per heavy atom. The molecule has 2 amide bonds. The molecule has 152 valence electrons. The van der Waals surface area contributed by atoms with Crippen molar-refractivity contribution in [1.82, 2.24) is 4.90 Å². The maximum atomic E-state index is 13.1. The number of carbonyl (C=O) groups is 2. The number of methoxy groups -OCH3 is 1. The molecule has 0 aromatic heterocycles. The fourth-order valence-electron chi connectivity index (χ4n) is 4.56. The number of benzene rings is 2. The Balaban J connectivity index is 1.41. The molecule has 29 heavy (non-hydrogen) atoms. The van der Waals surface area contributed by atoms with Gasteiger partial charge in [-0.2, -0.15) is 0 Å². The van der Waals surface area contributed by atoms with Crippen LogP contribution in [0.3, 0.4) is 0 Å². The molecule has 0 bridgehead atoms. The first kappa shape index (κ1) is 19.6. The third-order valence-electron chi connectivity index (χ3n) is 6.12. The zero-order valence-electron chi connectivity index (χ0n) is 16.9. The summed E-state index contributed by atoms with van der Waals surface area (Å²) in [5, 5.41) is 0. The van der Waals surface area contributed by atoms with Gasteiger partial charge in [-0.3, -0.25) is 9.59 Å². The van der Waals surface area contributed by atoms with E-state index in [-0.39, 0.29) is 17.9 Å². The lowest BCUT2D eigenvalue weighted by Gasteiger charge is -2.36. The molecule has 0 radical (unpaired) electrons. The highest BCUT2D eigenvalue weighted by Gasteiger charge is 2.30. The third kappa shape index (κ3) is 4.20. The molecule has 2 aromatic rings. The van der Waals surface area contributed by atoms with Crippen molar-refractivity contribution in [2.45, 2.75) is 31.8 Å². The molecule has 0 N–H and O–H groups in total. The third-order valence-corrected chi connectivity index (χ3v) is 6.12. The van der Waals surface area contributed by atoms with Crippen LogP contribution in [0.4, 0.5) is 5.69 Å². The van der Waals surface area contributed by atoms with Crippen LogP contribution < -0.4 is 4.90 Å². The van der Waals surface area contributed by atoms with E-state index in [4.69, 9.17) is 4.74 Å². The van der Waals surface area contributed by atoms with Gasteiger partial charge in [-0.25, -0.2) is 0 Å². The van der Waals surface area contributed by atoms with E-state index in [0.29, 0.717) is 17.9 Å². The predicted molar refractivity (Wildman–Crippen MR) is 113 cm³/mol. The molecule has 2 heterocycles. The number of hydrogen-bond donors (Lipinski definition) is 0. The minimum absolute atomic E-state index is 0.0469. The highest BCUT2D eigenvalue weighted by atomic mass is 16.5. The average molecular weight is 392 g/mol. The van der Waals surface area contributed by atoms with E-state index in [1.54, 1.807) is 12.0 Å². The number of amides is 2. The van der Waals surface area contributed by atoms with Gasteiger partial charge in [0, 0.05) is 44.4 Å². The Morgan fingerprint density at radius 2 is 1.79 bits per heavy atom. The van der Waals surface area contributed by atoms with E-state index < -0.39 is 0 Å². The summed E-state index contributed by atoms with van der Waals surface area (Å²) in [5.41, 5.74) is 2.69. The zero-order valence-corrected chi connectivity index (χ0v) is 16.9. The molecule has 1 unspecified atom stereocenters. The van der Waals surface area contributed by atoms with Crippen LogP contribution in [0.15, 0.2) is 54.6 Å². The molecule has 2 fully saturated rings. The second-order valence-electron chi connectivity index (χ2n) is 7.90. The van der Waals surface area contributed by atoms with Crippen molar-refractivity contribution >= 4 is 17.5 Å². The smallest absolute Gasteiger partial charge is 0.253 e. The fourth-order valence-corrected chi connectivity index (χ4v) is 4.56. The molecule has 2 aliphatic rings. The number of piperidine rings is 1. The number of nitrogens with zero attached hydrogens (tertiary/aromatic N) is 2. The van der Waals surface area contributed by atoms with Crippen LogP contribution in [0, 0.1) is 5.92 Å². The molecular weight excluding hydrogens is 364 g/mol. The monoisotopic (exact) mass is 392 g/mol. The summed E-state index contributed by atoms with van der Waals surface area (Å²) in [6, 6.07) is 17.8. The first-order valence-corrected chi connectivity index (χ1v) is 10.4. The van der Waals surface area contributed by atoms with Crippen molar-refractivity contribution in [1.29, 1.82) is 0 Å². The van der Waals surface area contributed by atoms with Crippen molar-refractivity contribution in [2.75, 3.05) is 31.6 Å². The van der Waals surface area contributed by atoms with E-state index in [2.05, 4.69) is 12.1 Å². The van der Waals surface area contributed by atoms with Gasteiger partial charge in [0.15, 0.2) is 0 Å². The van der Waals surface area contributed by atoms with Gasteiger partial charge < -0.3 is 14.5 Å². The van der Waals surface area contributed by atoms with E-state index in [1.165, 1.54) is 5.56 Å². The minimum atomic E-state index is 0.0469. The Bertz CT molecular complexity index is 859. The van der Waals surface area contributed by atoms with Gasteiger partial charge in [0.25, 0.3) is 5.91 Å². The van der Waals surface area contributed by atoms with Crippen LogP contribution in [0.2, 0.25) is 0 Å². The zero-order chi connectivity index (χ0) is 20.2. The topological polar surface area (TPSA) is 49.9 Å². The van der Waals surface area contributed by atoms with Crippen molar-refractivity contribution in [3.8, 4) is 0 Å². The highest BCUT2D eigenvalue weighted by molar-refractivity contribution is 5.99. The second kappa shape index (κ2) is 8.78. The van der Waals surface area contributed by atoms with Crippen molar-refractivity contribution < 1.29 is 14.3 Å². The molecule has 2 aliphatic heterocycles. The quantitative estimate of drug-likeness (QED) is 0.771. The van der Waals surface area contributed by atoms with E-state index in [9.17, 15) is 9.59 Å². The molecule has 0 spiro atoms. The summed E-state index contributed by atoms with van der Waals surface area (Å²) in [4.78, 5) is 28.8. The maximum Gasteiger partial charge on any atom is 0.253 e. The lowest BCUT2D eigenvalue weighted by molar-refractivity contribution is -0.117. The number of ether oxygens (including phenoxy) is 1. The standard InChI is InChI=1S/C24H28N2O3/c1-29-23(18-7-3-2-4-8-18)19-12-15-25(16-13-19)24(28)20-9-5-10-21(17-20)26-14-6-11-22(26)27/h2-5,7-10,17,19,23H,6,11-16H2,1H3. The van der Waals surface area contributed by atoms with Crippen molar-refractivity contribution in [3.05, 3.63) is 65.7 Å². The van der Waals surface area contributed by atoms with Gasteiger partial charge >= 0.3 is 0 Å². The van der Waals surface area contributed by atoms with E-state index in [1.807, 2.05) is 47.4 Å². The van der Waals surface area contributed by atoms with Crippen LogP contribution in [-0.2, 0) is 9.53 Å². The van der Waals surface area contributed by atoms with Crippen LogP contribution >= 0.6 is 0 Å². The van der Waals surface area contributed by atoms with Crippen molar-refractivity contribution in [3.63, 3.8) is 0 Å². The number of hydrogen-bond acceptors (Lipinski definition) is 3. The first-order valence-electron chi connectivity index (χ1n) is 10.4. The highest BCUT2D eigenvalue weighted by Crippen LogP contribution is 2.33. The summed E-state index contributed by atoms with van der Waals surface area (Å²) >= 11 is 0. The average Bonchev–Trinajstić information content (AvgIpc) is 3.21. The summed E-state index contributed by atoms with van der Waals surface area (Å²) < 4.78 is 5.80. The lowest BCUT2D eigenvalue weighted by Crippen LogP contribution is -2.40. The fraction of sp³-hybridized carbons (Fsp3) is 0.417. The molecule has 0 saturated carbocycles. The molecule has 2 aromatic carbocycles. The molecule has 5 nitrogen and oxygen atoms in total. The number of carbonyl (C=O) groups excluding carboxylic acids is 2. The normalized spacial score (nSPS) is 18.9. The van der Waals surface area contributed by atoms with Gasteiger partial charge in [0.2, 0.25) is 5.91 Å². The molecule has 0 aliphatic carbocycles. The van der Waals surface area contributed by atoms with E-state index in [0.717, 1.165) is 44.6 Å². The minimum Gasteiger partial charge on any atom is -0.376 e. The summed E-state index contributed by atoms with van der Waals surface area (Å²) in [5.74, 6) is 0.590. The summed E-state index contributed by atoms with van der Waals surface area (Å²) in [6.07, 6.45) is 3.38. The Kier molecular flexibility index (Phi) is 5.95. The SMILES string of the molecule is COC(c1ccccc1)C1CCN(C(=O)c2cccc(N3CCCC3=O)c2)CC1. The van der Waals surface area contributed by atoms with Gasteiger partial charge in [-0.15, -0.1) is 0 Å². The Labute approximate surface area is 172 Å². The van der Waals surface area contributed by atoms with Crippen LogP contribution in [0.1, 0.15) is 47.7 Å². The van der Waals surface area contributed by atoms with Crippen molar-refractivity contribution in [2.24, 2.45) is 5.92 Å². The van der Waals surface area contributed by atoms with Crippen LogP contribution in [0.25, 0.3) is 0 Å². The Hall–Kier alpha value is -2.66. The molecular formula is C24H28N2O3. The van der Waals surface area contributed by atoms with E-state index >= 15 is 0 Å². The number of likely N-dealkylation sites (tertiary alicyclic amines) is 1. The van der Waals surface area contributed by atoms with Gasteiger partial charge in [-0.05, 0) is 48.9 Å². The molecule has 4 rings (SSSR count). The molecule has 2 saturated heterocycles. The van der Waals surface area contributed by atoms with Gasteiger partial charge in [0.1, 0.15) is 0 Å². The summed E-state index contributed by atoms with van der Waals surface area (Å²) in [6.45, 7) is 2.19. The number of rotatable bonds is 5. The molecule has 1 atom stereocenters. The van der Waals surface area contributed by atoms with Gasteiger partial charge in [-0.1, -0.05) is 36.4 Å². The Morgan fingerprint density at radius 3 is 2.45 bits per heavy atom. The molecule has 5 heteroatoms. The first-order chi connectivity index (χ1) is 14.2. The van der Waals surface area contributed by atoms with Gasteiger partial charge in [0.05, 0.1) is 6.10 Å². The maximum absolute atomic E-state index is 13.1. The van der Waals surface area contributed by atoms with Crippen LogP contribution in [0.5, 0.6) is 0 Å². The second-order valence-corrected chi connectivity index (χ2v) is 7.90. The summed E-state index contributed by atoms with van der Waals surface area (Å²) in [7, 11) is 1.76. The lowest BCUT2D eigenvalue weighted by atomic mass is 9.87. The number of anilines is 1. The van der Waals surface area contributed by atoms with Crippen LogP contribution in [-0.4, -0.2) is 43.5 Å². The predicted octanol–water partition coefficient (Wildman–Crippen LogP) is 4.05.